The van der Waals surface area contributed by atoms with E-state index in [1.54, 1.807) is 0 Å². The molecule has 5 nitrogen and oxygen atoms in total. The summed E-state index contributed by atoms with van der Waals surface area (Å²) < 4.78 is 7.03. The van der Waals surface area contributed by atoms with E-state index in [0.717, 1.165) is 16.3 Å². The van der Waals surface area contributed by atoms with Crippen molar-refractivity contribution < 1.29 is 14.1 Å². The van der Waals surface area contributed by atoms with E-state index in [0.29, 0.717) is 0 Å². The Morgan fingerprint density at radius 3 is 2.25 bits per heavy atom. The van der Waals surface area contributed by atoms with E-state index in [1.807, 2.05) is 24.3 Å². The van der Waals surface area contributed by atoms with Crippen LogP contribution in [0.25, 0.3) is 0 Å². The molecule has 1 aromatic carbocycles. The minimum absolute atomic E-state index is 0.0244. The molecule has 1 aromatic rings. The minimum Gasteiger partial charge on any atom is -0.416 e. The fourth-order valence-electron chi connectivity index (χ4n) is 2.13. The second kappa shape index (κ2) is 8.36. The number of carbonyl (C=O) groups is 1. The van der Waals surface area contributed by atoms with Crippen LogP contribution in [0.1, 0.15) is 32.3 Å². The van der Waals surface area contributed by atoms with Crippen LogP contribution in [0, 0.1) is 16.0 Å². The maximum absolute atomic E-state index is 11.6. The highest BCUT2D eigenvalue weighted by atomic mass is 79.9. The standard InChI is InChI=1S/C17H26BrNO4Si/c1-17(2,3)24(4,5)23-12-14(11-20)16(10-19(21)22)13-6-8-15(18)9-7-13/h6-9,11,14,16H,10,12H2,1-5H3. The molecule has 0 heterocycles. The van der Waals surface area contributed by atoms with E-state index in [4.69, 9.17) is 4.43 Å². The first-order chi connectivity index (χ1) is 11.0. The van der Waals surface area contributed by atoms with Crippen molar-refractivity contribution >= 4 is 30.5 Å². The van der Waals surface area contributed by atoms with Gasteiger partial charge in [0.05, 0.1) is 5.92 Å². The van der Waals surface area contributed by atoms with Gasteiger partial charge in [-0.05, 0) is 35.8 Å². The van der Waals surface area contributed by atoms with Gasteiger partial charge in [0, 0.05) is 21.9 Å². The lowest BCUT2D eigenvalue weighted by molar-refractivity contribution is -0.484. The summed E-state index contributed by atoms with van der Waals surface area (Å²) in [6, 6.07) is 7.31. The highest BCUT2D eigenvalue weighted by Crippen LogP contribution is 2.37. The quantitative estimate of drug-likeness (QED) is 0.268. The second-order valence-electron chi connectivity index (χ2n) is 7.54. The van der Waals surface area contributed by atoms with Gasteiger partial charge in [0.15, 0.2) is 8.32 Å². The number of benzene rings is 1. The molecule has 7 heteroatoms. The summed E-state index contributed by atoms with van der Waals surface area (Å²) in [6.07, 6.45) is 0.795. The Morgan fingerprint density at radius 1 is 1.29 bits per heavy atom. The molecule has 0 aliphatic rings. The van der Waals surface area contributed by atoms with Crippen molar-refractivity contribution in [3.63, 3.8) is 0 Å². The monoisotopic (exact) mass is 415 g/mol. The van der Waals surface area contributed by atoms with Crippen LogP contribution in [0.3, 0.4) is 0 Å². The molecule has 0 aliphatic heterocycles. The molecule has 24 heavy (non-hydrogen) atoms. The highest BCUT2D eigenvalue weighted by Gasteiger charge is 2.39. The molecule has 0 spiro atoms. The summed E-state index contributed by atoms with van der Waals surface area (Å²) in [7, 11) is -2.02. The molecule has 0 aromatic heterocycles. The number of aldehydes is 1. The molecule has 0 bridgehead atoms. The number of rotatable bonds is 8. The topological polar surface area (TPSA) is 69.4 Å². The lowest BCUT2D eigenvalue weighted by Gasteiger charge is -2.37. The number of hydrogen-bond acceptors (Lipinski definition) is 4. The van der Waals surface area contributed by atoms with E-state index in [9.17, 15) is 14.9 Å². The van der Waals surface area contributed by atoms with Crippen LogP contribution in [0.2, 0.25) is 18.1 Å². The molecule has 0 aliphatic carbocycles. The molecule has 1 rings (SSSR count). The van der Waals surface area contributed by atoms with Crippen LogP contribution in [-0.4, -0.2) is 32.7 Å². The first kappa shape index (κ1) is 21.0. The van der Waals surface area contributed by atoms with Crippen molar-refractivity contribution in [2.24, 2.45) is 5.92 Å². The summed E-state index contributed by atoms with van der Waals surface area (Å²) in [6.45, 7) is 10.5. The predicted molar refractivity (Wildman–Crippen MR) is 101 cm³/mol. The SMILES string of the molecule is CC(C)(C)[Si](C)(C)OCC(C=O)C(C[N+](=O)[O-])c1ccc(Br)cc1. The molecule has 0 saturated carbocycles. The normalized spacial score (nSPS) is 14.9. The molecule has 2 atom stereocenters. The first-order valence-corrected chi connectivity index (χ1v) is 11.6. The number of halogens is 1. The van der Waals surface area contributed by atoms with E-state index in [2.05, 4.69) is 49.8 Å². The van der Waals surface area contributed by atoms with Crippen molar-refractivity contribution in [1.82, 2.24) is 0 Å². The number of hydrogen-bond donors (Lipinski definition) is 0. The molecule has 0 radical (unpaired) electrons. The molecule has 2 unspecified atom stereocenters. The smallest absolute Gasteiger partial charge is 0.211 e. The van der Waals surface area contributed by atoms with Gasteiger partial charge in [-0.2, -0.15) is 0 Å². The Hall–Kier alpha value is -1.05. The Morgan fingerprint density at radius 2 is 1.83 bits per heavy atom. The van der Waals surface area contributed by atoms with Crippen LogP contribution in [0.4, 0.5) is 0 Å². The third-order valence-corrected chi connectivity index (χ3v) is 9.81. The van der Waals surface area contributed by atoms with Crippen molar-refractivity contribution in [3.8, 4) is 0 Å². The number of nitrogens with zero attached hydrogens (tertiary/aromatic N) is 1. The third-order valence-electron chi connectivity index (χ3n) is 4.78. The van der Waals surface area contributed by atoms with Crippen LogP contribution in [0.15, 0.2) is 28.7 Å². The van der Waals surface area contributed by atoms with Gasteiger partial charge in [0.2, 0.25) is 6.54 Å². The van der Waals surface area contributed by atoms with Gasteiger partial charge in [-0.1, -0.05) is 48.8 Å². The van der Waals surface area contributed by atoms with Gasteiger partial charge in [-0.25, -0.2) is 0 Å². The molecule has 0 N–H and O–H groups in total. The highest BCUT2D eigenvalue weighted by molar-refractivity contribution is 9.10. The van der Waals surface area contributed by atoms with E-state index in [-0.39, 0.29) is 23.1 Å². The van der Waals surface area contributed by atoms with Crippen molar-refractivity contribution in [1.29, 1.82) is 0 Å². The first-order valence-electron chi connectivity index (χ1n) is 7.94. The fraction of sp³-hybridized carbons (Fsp3) is 0.588. The largest absolute Gasteiger partial charge is 0.416 e. The molecule has 134 valence electrons. The van der Waals surface area contributed by atoms with Gasteiger partial charge >= 0.3 is 0 Å². The van der Waals surface area contributed by atoms with Crippen molar-refractivity contribution in [3.05, 3.63) is 44.4 Å². The zero-order valence-corrected chi connectivity index (χ0v) is 17.5. The summed E-state index contributed by atoms with van der Waals surface area (Å²) in [5.41, 5.74) is 0.783. The number of nitro groups is 1. The van der Waals surface area contributed by atoms with Crippen LogP contribution >= 0.6 is 15.9 Å². The van der Waals surface area contributed by atoms with Crippen LogP contribution in [0.5, 0.6) is 0 Å². The average Bonchev–Trinajstić information content (AvgIpc) is 2.46. The van der Waals surface area contributed by atoms with Crippen LogP contribution in [-0.2, 0) is 9.22 Å². The van der Waals surface area contributed by atoms with E-state index < -0.39 is 20.2 Å². The fourth-order valence-corrected chi connectivity index (χ4v) is 3.44. The van der Waals surface area contributed by atoms with E-state index >= 15 is 0 Å². The zero-order chi connectivity index (χ0) is 18.5. The van der Waals surface area contributed by atoms with Crippen LogP contribution < -0.4 is 0 Å². The van der Waals surface area contributed by atoms with Crippen molar-refractivity contribution in [2.75, 3.05) is 13.2 Å². The molecule has 0 fully saturated rings. The Kier molecular flexibility index (Phi) is 7.31. The lowest BCUT2D eigenvalue weighted by atomic mass is 9.87. The Balaban J connectivity index is 2.99. The van der Waals surface area contributed by atoms with E-state index in [1.165, 1.54) is 0 Å². The summed E-state index contributed by atoms with van der Waals surface area (Å²) in [5, 5.41) is 11.1. The minimum atomic E-state index is -2.02. The van der Waals surface area contributed by atoms with Crippen molar-refractivity contribution in [2.45, 2.75) is 44.8 Å². The molecule has 0 amide bonds. The lowest BCUT2D eigenvalue weighted by Crippen LogP contribution is -2.43. The molecular formula is C17H26BrNO4Si. The summed E-state index contributed by atoms with van der Waals surface area (Å²) in [4.78, 5) is 22.4. The van der Waals surface area contributed by atoms with Gasteiger partial charge in [0.25, 0.3) is 0 Å². The van der Waals surface area contributed by atoms with Gasteiger partial charge in [-0.15, -0.1) is 0 Å². The van der Waals surface area contributed by atoms with Gasteiger partial charge in [0.1, 0.15) is 6.29 Å². The Bertz CT molecular complexity index is 569. The van der Waals surface area contributed by atoms with Gasteiger partial charge in [-0.3, -0.25) is 10.1 Å². The summed E-state index contributed by atoms with van der Waals surface area (Å²) in [5.74, 6) is -1.03. The average molecular weight is 416 g/mol. The van der Waals surface area contributed by atoms with Gasteiger partial charge < -0.3 is 9.22 Å². The third kappa shape index (κ3) is 5.79. The second-order valence-corrected chi connectivity index (χ2v) is 13.3. The maximum atomic E-state index is 11.6. The molecule has 0 saturated heterocycles. The summed E-state index contributed by atoms with van der Waals surface area (Å²) >= 11 is 3.36. The predicted octanol–water partition coefficient (Wildman–Crippen LogP) is 4.65. The maximum Gasteiger partial charge on any atom is 0.211 e. The number of carbonyl (C=O) groups excluding carboxylic acids is 1. The Labute approximate surface area is 153 Å². The zero-order valence-electron chi connectivity index (χ0n) is 14.9. The molecular weight excluding hydrogens is 390 g/mol.